The second kappa shape index (κ2) is 8.92. The van der Waals surface area contributed by atoms with Crippen LogP contribution in [0.25, 0.3) is 11.1 Å². The maximum atomic E-state index is 12.5. The van der Waals surface area contributed by atoms with E-state index in [1.165, 1.54) is 16.9 Å². The van der Waals surface area contributed by atoms with Crippen LogP contribution < -0.4 is 5.32 Å². The van der Waals surface area contributed by atoms with E-state index in [4.69, 9.17) is 0 Å². The molecule has 0 atom stereocenters. The van der Waals surface area contributed by atoms with Crippen LogP contribution in [0.5, 0.6) is 0 Å². The highest BCUT2D eigenvalue weighted by Gasteiger charge is 2.25. The molecule has 0 radical (unpaired) electrons. The van der Waals surface area contributed by atoms with Crippen molar-refractivity contribution in [1.82, 2.24) is 9.80 Å². The number of rotatable bonds is 5. The third-order valence-electron chi connectivity index (χ3n) is 5.09. The van der Waals surface area contributed by atoms with Gasteiger partial charge < -0.3 is 15.1 Å². The Labute approximate surface area is 174 Å². The van der Waals surface area contributed by atoms with Crippen LogP contribution in [-0.2, 0) is 4.79 Å². The van der Waals surface area contributed by atoms with Gasteiger partial charge in [-0.2, -0.15) is 0 Å². The molecule has 2 aromatic carbocycles. The number of anilines is 1. The molecule has 5 nitrogen and oxygen atoms in total. The zero-order valence-corrected chi connectivity index (χ0v) is 16.9. The van der Waals surface area contributed by atoms with Gasteiger partial charge in [0.2, 0.25) is 5.91 Å². The van der Waals surface area contributed by atoms with Crippen molar-refractivity contribution in [3.05, 3.63) is 77.0 Å². The third-order valence-corrected chi connectivity index (χ3v) is 5.95. The average molecular weight is 406 g/mol. The Bertz CT molecular complexity index is 948. The van der Waals surface area contributed by atoms with Crippen molar-refractivity contribution < 1.29 is 9.59 Å². The van der Waals surface area contributed by atoms with Crippen LogP contribution in [0.2, 0.25) is 0 Å². The van der Waals surface area contributed by atoms with E-state index in [1.54, 1.807) is 0 Å². The number of amides is 2. The highest BCUT2D eigenvalue weighted by atomic mass is 32.1. The fourth-order valence-electron chi connectivity index (χ4n) is 3.42. The predicted octanol–water partition coefficient (Wildman–Crippen LogP) is 3.81. The van der Waals surface area contributed by atoms with Gasteiger partial charge in [0, 0.05) is 31.9 Å². The van der Waals surface area contributed by atoms with E-state index >= 15 is 0 Å². The molecule has 1 aromatic heterocycles. The van der Waals surface area contributed by atoms with Crippen molar-refractivity contribution in [3.8, 4) is 11.1 Å². The van der Waals surface area contributed by atoms with Crippen LogP contribution in [0, 0.1) is 0 Å². The fraction of sp³-hybridized carbons (Fsp3) is 0.217. The molecule has 148 valence electrons. The molecule has 3 aromatic rings. The third kappa shape index (κ3) is 4.66. The van der Waals surface area contributed by atoms with Crippen LogP contribution >= 0.6 is 11.3 Å². The van der Waals surface area contributed by atoms with E-state index in [0.29, 0.717) is 26.2 Å². The number of thiophene rings is 1. The first-order valence-corrected chi connectivity index (χ1v) is 10.6. The van der Waals surface area contributed by atoms with Gasteiger partial charge in [-0.25, -0.2) is 0 Å². The van der Waals surface area contributed by atoms with Crippen LogP contribution in [0.15, 0.2) is 72.1 Å². The van der Waals surface area contributed by atoms with E-state index in [0.717, 1.165) is 16.1 Å². The topological polar surface area (TPSA) is 52.7 Å². The molecule has 2 amide bonds. The molecule has 1 aliphatic rings. The van der Waals surface area contributed by atoms with Crippen LogP contribution in [-0.4, -0.2) is 54.3 Å². The second-order valence-corrected chi connectivity index (χ2v) is 7.89. The Morgan fingerprint density at radius 2 is 1.45 bits per heavy atom. The molecule has 0 aliphatic carbocycles. The molecule has 6 heteroatoms. The lowest BCUT2D eigenvalue weighted by atomic mass is 10.1. The smallest absolute Gasteiger partial charge is 0.264 e. The minimum absolute atomic E-state index is 0.0559. The molecule has 1 saturated heterocycles. The molecule has 1 aliphatic heterocycles. The van der Waals surface area contributed by atoms with E-state index in [9.17, 15) is 9.59 Å². The average Bonchev–Trinajstić information content (AvgIpc) is 3.33. The highest BCUT2D eigenvalue weighted by molar-refractivity contribution is 7.12. The summed E-state index contributed by atoms with van der Waals surface area (Å²) in [6, 6.07) is 22.0. The number of nitrogens with one attached hydrogen (secondary N) is 1. The summed E-state index contributed by atoms with van der Waals surface area (Å²) in [7, 11) is 0. The molecule has 2 heterocycles. The van der Waals surface area contributed by atoms with Gasteiger partial charge in [0.1, 0.15) is 0 Å². The first-order valence-electron chi connectivity index (χ1n) is 9.70. The standard InChI is InChI=1S/C23H23N3O2S/c27-22(25-12-14-26(15-13-25)23(28)21-7-4-16-29-21)17-24-20-10-8-19(9-11-20)18-5-2-1-3-6-18/h1-11,16,24H,12-15,17H2. The van der Waals surface area contributed by atoms with Gasteiger partial charge in [0.15, 0.2) is 0 Å². The number of carbonyl (C=O) groups is 2. The summed E-state index contributed by atoms with van der Waals surface area (Å²) in [6.07, 6.45) is 0. The molecule has 1 fully saturated rings. The molecule has 0 unspecified atom stereocenters. The fourth-order valence-corrected chi connectivity index (χ4v) is 4.11. The van der Waals surface area contributed by atoms with Crippen molar-refractivity contribution in [2.45, 2.75) is 0 Å². The lowest BCUT2D eigenvalue weighted by Gasteiger charge is -2.34. The Balaban J connectivity index is 1.26. The zero-order chi connectivity index (χ0) is 20.1. The predicted molar refractivity (Wildman–Crippen MR) is 117 cm³/mol. The summed E-state index contributed by atoms with van der Waals surface area (Å²) in [5.41, 5.74) is 3.24. The number of hydrogen-bond donors (Lipinski definition) is 1. The molecule has 0 saturated carbocycles. The molecule has 1 N–H and O–H groups in total. The Hall–Kier alpha value is -3.12. The maximum Gasteiger partial charge on any atom is 0.264 e. The summed E-state index contributed by atoms with van der Waals surface area (Å²) in [5.74, 6) is 0.115. The molecular formula is C23H23N3O2S. The van der Waals surface area contributed by atoms with E-state index < -0.39 is 0 Å². The molecule has 29 heavy (non-hydrogen) atoms. The van der Waals surface area contributed by atoms with E-state index in [1.807, 2.05) is 57.6 Å². The molecular weight excluding hydrogens is 382 g/mol. The zero-order valence-electron chi connectivity index (χ0n) is 16.1. The number of piperazine rings is 1. The molecule has 0 bridgehead atoms. The molecule has 4 rings (SSSR count). The van der Waals surface area contributed by atoms with Gasteiger partial charge in [-0.15, -0.1) is 11.3 Å². The highest BCUT2D eigenvalue weighted by Crippen LogP contribution is 2.21. The van der Waals surface area contributed by atoms with Crippen molar-refractivity contribution in [2.24, 2.45) is 0 Å². The first-order chi connectivity index (χ1) is 14.2. The summed E-state index contributed by atoms with van der Waals surface area (Å²) in [5, 5.41) is 5.11. The minimum Gasteiger partial charge on any atom is -0.376 e. The van der Waals surface area contributed by atoms with Gasteiger partial charge in [-0.3, -0.25) is 9.59 Å². The van der Waals surface area contributed by atoms with Gasteiger partial charge >= 0.3 is 0 Å². The summed E-state index contributed by atoms with van der Waals surface area (Å²) in [4.78, 5) is 29.3. The largest absolute Gasteiger partial charge is 0.376 e. The normalized spacial score (nSPS) is 13.9. The summed E-state index contributed by atoms with van der Waals surface area (Å²) >= 11 is 1.46. The molecule has 0 spiro atoms. The quantitative estimate of drug-likeness (QED) is 0.702. The van der Waals surface area contributed by atoms with E-state index in [-0.39, 0.29) is 18.4 Å². The van der Waals surface area contributed by atoms with Crippen molar-refractivity contribution in [3.63, 3.8) is 0 Å². The number of hydrogen-bond acceptors (Lipinski definition) is 4. The number of nitrogens with zero attached hydrogens (tertiary/aromatic N) is 2. The monoisotopic (exact) mass is 405 g/mol. The van der Waals surface area contributed by atoms with Gasteiger partial charge in [-0.05, 0) is 34.7 Å². The Morgan fingerprint density at radius 3 is 2.10 bits per heavy atom. The van der Waals surface area contributed by atoms with Crippen molar-refractivity contribution in [2.75, 3.05) is 38.0 Å². The minimum atomic E-state index is 0.0559. The second-order valence-electron chi connectivity index (χ2n) is 6.95. The first kappa shape index (κ1) is 19.2. The van der Waals surface area contributed by atoms with Crippen LogP contribution in [0.1, 0.15) is 9.67 Å². The Morgan fingerprint density at radius 1 is 0.793 bits per heavy atom. The number of carbonyl (C=O) groups excluding carboxylic acids is 2. The van der Waals surface area contributed by atoms with Crippen molar-refractivity contribution >= 4 is 28.8 Å². The van der Waals surface area contributed by atoms with Crippen molar-refractivity contribution in [1.29, 1.82) is 0 Å². The summed E-state index contributed by atoms with van der Waals surface area (Å²) < 4.78 is 0. The Kier molecular flexibility index (Phi) is 5.91. The van der Waals surface area contributed by atoms with Gasteiger partial charge in [-0.1, -0.05) is 48.5 Å². The van der Waals surface area contributed by atoms with Crippen LogP contribution in [0.4, 0.5) is 5.69 Å². The van der Waals surface area contributed by atoms with E-state index in [2.05, 4.69) is 29.6 Å². The van der Waals surface area contributed by atoms with Gasteiger partial charge in [0.05, 0.1) is 11.4 Å². The maximum absolute atomic E-state index is 12.5. The number of benzene rings is 2. The lowest BCUT2D eigenvalue weighted by Crippen LogP contribution is -2.51. The summed E-state index contributed by atoms with van der Waals surface area (Å²) in [6.45, 7) is 2.56. The SMILES string of the molecule is O=C(CNc1ccc(-c2ccccc2)cc1)N1CCN(C(=O)c2cccs2)CC1. The lowest BCUT2D eigenvalue weighted by molar-refractivity contribution is -0.130. The van der Waals surface area contributed by atoms with Crippen LogP contribution in [0.3, 0.4) is 0 Å². The van der Waals surface area contributed by atoms with Gasteiger partial charge in [0.25, 0.3) is 5.91 Å².